The van der Waals surface area contributed by atoms with E-state index in [9.17, 15) is 0 Å². The average molecular weight is 333 g/mol. The molecule has 1 heterocycles. The SMILES string of the molecule is [CH3][Sn]([CH3])([CH3])[c]1ccc(/C=C/C=C(C#N)C#N)o1. The molecule has 0 bridgehead atoms. The van der Waals surface area contributed by atoms with Gasteiger partial charge in [-0.25, -0.2) is 0 Å². The maximum atomic E-state index is 8.54. The van der Waals surface area contributed by atoms with Crippen LogP contribution in [-0.4, -0.2) is 18.4 Å². The van der Waals surface area contributed by atoms with Crippen molar-refractivity contribution in [2.45, 2.75) is 14.8 Å². The van der Waals surface area contributed by atoms with Crippen LogP contribution in [0.15, 0.2) is 34.3 Å². The Kier molecular flexibility index (Phi) is 4.60. The van der Waals surface area contributed by atoms with Crippen molar-refractivity contribution in [2.75, 3.05) is 0 Å². The molecule has 0 saturated heterocycles. The van der Waals surface area contributed by atoms with Crippen molar-refractivity contribution < 1.29 is 4.42 Å². The van der Waals surface area contributed by atoms with Crippen molar-refractivity contribution in [3.8, 4) is 12.1 Å². The number of nitriles is 2. The van der Waals surface area contributed by atoms with Crippen molar-refractivity contribution in [3.63, 3.8) is 0 Å². The molecule has 0 fully saturated rings. The van der Waals surface area contributed by atoms with E-state index in [-0.39, 0.29) is 5.57 Å². The van der Waals surface area contributed by atoms with Crippen LogP contribution < -0.4 is 3.78 Å². The van der Waals surface area contributed by atoms with Gasteiger partial charge in [-0.3, -0.25) is 0 Å². The van der Waals surface area contributed by atoms with E-state index in [1.807, 2.05) is 12.1 Å². The molecule has 0 saturated carbocycles. The first-order valence-electron chi connectivity index (χ1n) is 5.26. The van der Waals surface area contributed by atoms with Crippen LogP contribution in [0.4, 0.5) is 0 Å². The minimum absolute atomic E-state index is 0.0861. The first-order valence-corrected chi connectivity index (χ1v) is 15.2. The topological polar surface area (TPSA) is 60.7 Å². The van der Waals surface area contributed by atoms with E-state index in [4.69, 9.17) is 14.9 Å². The Labute approximate surface area is 106 Å². The summed E-state index contributed by atoms with van der Waals surface area (Å²) in [5, 5.41) is 17.1. The molecule has 17 heavy (non-hydrogen) atoms. The molecule has 0 radical (unpaired) electrons. The zero-order valence-corrected chi connectivity index (χ0v) is 13.0. The molecule has 0 aliphatic rings. The fourth-order valence-corrected chi connectivity index (χ4v) is 4.06. The van der Waals surface area contributed by atoms with E-state index in [2.05, 4.69) is 14.8 Å². The first kappa shape index (κ1) is 13.6. The van der Waals surface area contributed by atoms with Gasteiger partial charge in [0.2, 0.25) is 0 Å². The summed E-state index contributed by atoms with van der Waals surface area (Å²) < 4.78 is 6.82. The zero-order valence-electron chi connectivity index (χ0n) is 10.2. The van der Waals surface area contributed by atoms with Gasteiger partial charge >= 0.3 is 106 Å². The van der Waals surface area contributed by atoms with Gasteiger partial charge in [0.25, 0.3) is 0 Å². The molecule has 1 rings (SSSR count). The molecule has 0 amide bonds. The Bertz CT molecular complexity index is 517. The van der Waals surface area contributed by atoms with E-state index in [0.29, 0.717) is 0 Å². The number of rotatable bonds is 3. The van der Waals surface area contributed by atoms with E-state index in [1.54, 1.807) is 24.3 Å². The summed E-state index contributed by atoms with van der Waals surface area (Å²) in [6.45, 7) is 0. The van der Waals surface area contributed by atoms with Crippen molar-refractivity contribution in [2.24, 2.45) is 0 Å². The number of nitrogens with zero attached hydrogens (tertiary/aromatic N) is 2. The molecule has 0 atom stereocenters. The zero-order chi connectivity index (χ0) is 12.9. The molecule has 0 aliphatic carbocycles. The van der Waals surface area contributed by atoms with Gasteiger partial charge in [0.15, 0.2) is 0 Å². The summed E-state index contributed by atoms with van der Waals surface area (Å²) >= 11 is -2.12. The van der Waals surface area contributed by atoms with Gasteiger partial charge in [0.1, 0.15) is 0 Å². The van der Waals surface area contributed by atoms with Crippen LogP contribution in [-0.2, 0) is 0 Å². The van der Waals surface area contributed by atoms with Crippen LogP contribution in [0, 0.1) is 22.7 Å². The van der Waals surface area contributed by atoms with Crippen molar-refractivity contribution in [1.82, 2.24) is 0 Å². The van der Waals surface area contributed by atoms with Crippen molar-refractivity contribution in [3.05, 3.63) is 35.6 Å². The standard InChI is InChI=1S/C10H5N2O.3CH3.Sn/c11-7-9(8-12)3-1-4-10-5-2-6-13-10;;;;/h1-5H;3*1H3;/b4-1+;;;;. The molecule has 0 aromatic carbocycles. The number of hydrogen-bond acceptors (Lipinski definition) is 3. The van der Waals surface area contributed by atoms with E-state index >= 15 is 0 Å². The molecule has 1 aromatic rings. The molecule has 0 unspecified atom stereocenters. The second kappa shape index (κ2) is 5.74. The quantitative estimate of drug-likeness (QED) is 0.486. The third kappa shape index (κ3) is 4.13. The fourth-order valence-electron chi connectivity index (χ4n) is 1.18. The molecule has 0 N–H and O–H groups in total. The summed E-state index contributed by atoms with van der Waals surface area (Å²) in [6.07, 6.45) is 4.89. The maximum absolute atomic E-state index is 8.54. The minimum atomic E-state index is -2.12. The number of furan rings is 1. The molecule has 0 aliphatic heterocycles. The monoisotopic (exact) mass is 334 g/mol. The summed E-state index contributed by atoms with van der Waals surface area (Å²) in [6, 6.07) is 7.53. The van der Waals surface area contributed by atoms with Crippen LogP contribution in [0.3, 0.4) is 0 Å². The van der Waals surface area contributed by atoms with Crippen molar-refractivity contribution in [1.29, 1.82) is 10.5 Å². The van der Waals surface area contributed by atoms with Gasteiger partial charge in [-0.05, 0) is 0 Å². The molecular weight excluding hydrogens is 319 g/mol. The molecule has 4 heteroatoms. The normalized spacial score (nSPS) is 10.9. The summed E-state index contributed by atoms with van der Waals surface area (Å²) in [7, 11) is 0. The Morgan fingerprint density at radius 3 is 2.35 bits per heavy atom. The fraction of sp³-hybridized carbons (Fsp3) is 0.231. The Balaban J connectivity index is 2.82. The van der Waals surface area contributed by atoms with Gasteiger partial charge in [0, 0.05) is 0 Å². The molecule has 3 nitrogen and oxygen atoms in total. The predicted octanol–water partition coefficient (Wildman–Crippen LogP) is 2.81. The van der Waals surface area contributed by atoms with Gasteiger partial charge in [0.05, 0.1) is 0 Å². The third-order valence-corrected chi connectivity index (χ3v) is 7.12. The van der Waals surface area contributed by atoms with Gasteiger partial charge in [-0.1, -0.05) is 0 Å². The number of hydrogen-bond donors (Lipinski definition) is 0. The van der Waals surface area contributed by atoms with Crippen LogP contribution in [0.25, 0.3) is 6.08 Å². The van der Waals surface area contributed by atoms with E-state index < -0.39 is 18.4 Å². The van der Waals surface area contributed by atoms with Crippen LogP contribution in [0.2, 0.25) is 14.8 Å². The van der Waals surface area contributed by atoms with Gasteiger partial charge < -0.3 is 0 Å². The Morgan fingerprint density at radius 1 is 1.24 bits per heavy atom. The van der Waals surface area contributed by atoms with Gasteiger partial charge in [-0.2, -0.15) is 0 Å². The summed E-state index contributed by atoms with van der Waals surface area (Å²) in [5.74, 6) is 0.762. The number of allylic oxidation sites excluding steroid dienone is 3. The van der Waals surface area contributed by atoms with Crippen LogP contribution >= 0.6 is 0 Å². The van der Waals surface area contributed by atoms with E-state index in [0.717, 1.165) is 9.54 Å². The van der Waals surface area contributed by atoms with Crippen molar-refractivity contribution >= 4 is 28.2 Å². The summed E-state index contributed by atoms with van der Waals surface area (Å²) in [5.41, 5.74) is 0.0861. The first-order chi connectivity index (χ1) is 7.97. The summed E-state index contributed by atoms with van der Waals surface area (Å²) in [4.78, 5) is 6.85. The molecule has 86 valence electrons. The van der Waals surface area contributed by atoms with Gasteiger partial charge in [-0.15, -0.1) is 0 Å². The Morgan fingerprint density at radius 2 is 1.88 bits per heavy atom. The predicted molar refractivity (Wildman–Crippen MR) is 70.0 cm³/mol. The average Bonchev–Trinajstić information content (AvgIpc) is 2.73. The second-order valence-electron chi connectivity index (χ2n) is 4.62. The van der Waals surface area contributed by atoms with E-state index in [1.165, 1.54) is 6.08 Å². The second-order valence-corrected chi connectivity index (χ2v) is 18.9. The van der Waals surface area contributed by atoms with Crippen LogP contribution in [0.5, 0.6) is 0 Å². The molecule has 0 spiro atoms. The third-order valence-electron chi connectivity index (χ3n) is 2.13. The Hall–Kier alpha value is -1.46. The van der Waals surface area contributed by atoms with Crippen LogP contribution in [0.1, 0.15) is 5.76 Å². The molecule has 1 aromatic heterocycles. The molecular formula is C13H14N2OSn.